The summed E-state index contributed by atoms with van der Waals surface area (Å²) in [5.74, 6) is 0.162. The van der Waals surface area contributed by atoms with Crippen molar-refractivity contribution in [1.82, 2.24) is 4.90 Å². The first-order valence-corrected chi connectivity index (χ1v) is 8.41. The van der Waals surface area contributed by atoms with E-state index in [1.54, 1.807) is 18.2 Å². The van der Waals surface area contributed by atoms with Crippen molar-refractivity contribution in [2.75, 3.05) is 20.4 Å². The number of allylic oxidation sites excluding steroid dienone is 1. The summed E-state index contributed by atoms with van der Waals surface area (Å²) in [6, 6.07) is 5.06. The molecule has 0 fully saturated rings. The molecule has 1 atom stereocenters. The van der Waals surface area contributed by atoms with Crippen LogP contribution in [0.15, 0.2) is 22.7 Å². The van der Waals surface area contributed by atoms with Crippen LogP contribution in [0.4, 0.5) is 8.78 Å². The summed E-state index contributed by atoms with van der Waals surface area (Å²) in [4.78, 5) is 12.7. The molecule has 1 aromatic carbocycles. The Bertz CT molecular complexity index is 616. The number of amides is 1. The van der Waals surface area contributed by atoms with E-state index in [0.717, 1.165) is 4.90 Å². The molecule has 2 rings (SSSR count). The van der Waals surface area contributed by atoms with Crippen molar-refractivity contribution in [1.29, 1.82) is 0 Å². The average molecular weight is 543 g/mol. The second-order valence-corrected chi connectivity index (χ2v) is 6.69. The minimum atomic E-state index is -2.63. The van der Waals surface area contributed by atoms with Gasteiger partial charge >= 0.3 is 0 Å². The molecule has 1 aliphatic heterocycles. The molecule has 24 heavy (non-hydrogen) atoms. The van der Waals surface area contributed by atoms with Gasteiger partial charge in [0, 0.05) is 39.8 Å². The summed E-state index contributed by atoms with van der Waals surface area (Å²) < 4.78 is 36.4. The van der Waals surface area contributed by atoms with Crippen LogP contribution in [-0.4, -0.2) is 42.5 Å². The Kier molecular flexibility index (Phi) is 9.52. The first kappa shape index (κ1) is 22.2. The Morgan fingerprint density at radius 1 is 1.46 bits per heavy atom. The molecule has 129 valence electrons. The van der Waals surface area contributed by atoms with E-state index in [1.165, 1.54) is 7.11 Å². The van der Waals surface area contributed by atoms with Gasteiger partial charge in [-0.3, -0.25) is 4.79 Å². The number of carbonyl (C=O) groups is 1. The van der Waals surface area contributed by atoms with E-state index in [0.29, 0.717) is 27.9 Å². The molecule has 0 spiro atoms. The van der Waals surface area contributed by atoms with Gasteiger partial charge in [0.2, 0.25) is 5.91 Å². The zero-order valence-corrected chi connectivity index (χ0v) is 18.8. The van der Waals surface area contributed by atoms with E-state index in [2.05, 4.69) is 37.9 Å². The van der Waals surface area contributed by atoms with Gasteiger partial charge in [0.15, 0.2) is 6.79 Å². The molecule has 0 saturated heterocycles. The predicted molar refractivity (Wildman–Crippen MR) is 88.3 cm³/mol. The van der Waals surface area contributed by atoms with E-state index >= 15 is 0 Å². The third kappa shape index (κ3) is 5.56. The van der Waals surface area contributed by atoms with E-state index in [4.69, 9.17) is 9.47 Å². The van der Waals surface area contributed by atoms with Gasteiger partial charge in [0.25, 0.3) is 6.43 Å². The maximum Gasteiger partial charge on any atom is 0.256 e. The fourth-order valence-electron chi connectivity index (χ4n) is 2.11. The van der Waals surface area contributed by atoms with Crippen LogP contribution in [0.1, 0.15) is 12.0 Å². The van der Waals surface area contributed by atoms with Gasteiger partial charge in [0.1, 0.15) is 5.75 Å². The van der Waals surface area contributed by atoms with Crippen molar-refractivity contribution in [3.05, 3.63) is 34.3 Å². The Labute approximate surface area is 181 Å². The van der Waals surface area contributed by atoms with E-state index < -0.39 is 23.7 Å². The number of alkyl halides is 3. The molecule has 0 aliphatic carbocycles. The van der Waals surface area contributed by atoms with Crippen LogP contribution in [-0.2, 0) is 42.2 Å². The number of halogens is 4. The van der Waals surface area contributed by atoms with Gasteiger partial charge in [-0.2, -0.15) is 0 Å². The summed E-state index contributed by atoms with van der Waals surface area (Å²) in [6.07, 6.45) is 0.714. The zero-order chi connectivity index (χ0) is 17.0. The van der Waals surface area contributed by atoms with Crippen LogP contribution >= 0.6 is 31.9 Å². The van der Waals surface area contributed by atoms with Crippen LogP contribution in [0.5, 0.6) is 5.75 Å². The number of rotatable bonds is 6. The molecule has 1 radical (unpaired) electrons. The Morgan fingerprint density at radius 3 is 2.75 bits per heavy atom. The maximum absolute atomic E-state index is 12.8. The van der Waals surface area contributed by atoms with Gasteiger partial charge in [-0.05, 0) is 12.1 Å². The molecule has 0 bridgehead atoms. The van der Waals surface area contributed by atoms with Crippen molar-refractivity contribution >= 4 is 43.5 Å². The fourth-order valence-corrected chi connectivity index (χ4v) is 3.07. The van der Waals surface area contributed by atoms with Gasteiger partial charge in [-0.15, -0.1) is 17.3 Å². The average Bonchev–Trinajstić information content (AvgIpc) is 2.50. The fraction of sp³-hybridized carbons (Fsp3) is 0.400. The number of hydrogen-bond donors (Lipinski definition) is 0. The van der Waals surface area contributed by atoms with Crippen LogP contribution in [0.3, 0.4) is 0 Å². The molecular formula is C15H14Br2F2NO3Y-. The maximum atomic E-state index is 12.8. The van der Waals surface area contributed by atoms with E-state index in [9.17, 15) is 13.6 Å². The molecule has 1 heterocycles. The molecular weight excluding hydrogens is 529 g/mol. The minimum absolute atomic E-state index is 0. The molecule has 1 amide bonds. The number of methoxy groups -OCH3 is 1. The van der Waals surface area contributed by atoms with Crippen molar-refractivity contribution in [3.63, 3.8) is 0 Å². The number of benzene rings is 1. The quantitative estimate of drug-likeness (QED) is 0.312. The molecule has 1 aliphatic rings. The summed E-state index contributed by atoms with van der Waals surface area (Å²) in [7, 11) is 1.51. The summed E-state index contributed by atoms with van der Waals surface area (Å²) in [5.41, 5.74) is 0.944. The Hall–Kier alpha value is 0.114. The van der Waals surface area contributed by atoms with Gasteiger partial charge in [-0.1, -0.05) is 42.8 Å². The molecule has 1 aromatic rings. The summed E-state index contributed by atoms with van der Waals surface area (Å²) >= 11 is 6.57. The van der Waals surface area contributed by atoms with Crippen LogP contribution in [0.2, 0.25) is 0 Å². The molecule has 4 nitrogen and oxygen atoms in total. The van der Waals surface area contributed by atoms with E-state index in [-0.39, 0.29) is 39.5 Å². The molecule has 0 N–H and O–H groups in total. The smallest absolute Gasteiger partial charge is 0.256 e. The van der Waals surface area contributed by atoms with Crippen LogP contribution in [0, 0.1) is 6.08 Å². The van der Waals surface area contributed by atoms with Gasteiger partial charge < -0.3 is 14.4 Å². The molecule has 1 unspecified atom stereocenters. The zero-order valence-electron chi connectivity index (χ0n) is 12.8. The number of carbonyl (C=O) groups excluding carboxylic acids is 1. The Balaban J connectivity index is 0.00000288. The SMILES string of the molecule is COCOc1ccc(C2=[C-]CC(Br)C(=O)N2CC(F)F)c(Br)c1.[Y]. The minimum Gasteiger partial charge on any atom is -0.468 e. The molecule has 0 aromatic heterocycles. The predicted octanol–water partition coefficient (Wildman–Crippen LogP) is 3.83. The largest absolute Gasteiger partial charge is 0.468 e. The normalized spacial score (nSPS) is 17.6. The molecule has 0 saturated carbocycles. The van der Waals surface area contributed by atoms with E-state index in [1.807, 2.05) is 0 Å². The first-order valence-electron chi connectivity index (χ1n) is 6.70. The topological polar surface area (TPSA) is 38.8 Å². The van der Waals surface area contributed by atoms with Crippen LogP contribution < -0.4 is 4.74 Å². The van der Waals surface area contributed by atoms with Gasteiger partial charge in [0.05, 0.1) is 11.4 Å². The van der Waals surface area contributed by atoms with Crippen molar-refractivity contribution < 1.29 is 55.8 Å². The molecule has 9 heteroatoms. The number of hydrogen-bond acceptors (Lipinski definition) is 3. The summed E-state index contributed by atoms with van der Waals surface area (Å²) in [5, 5.41) is 0. The first-order chi connectivity index (χ1) is 10.9. The number of ether oxygens (including phenoxy) is 2. The number of nitrogens with zero attached hydrogens (tertiary/aromatic N) is 1. The summed E-state index contributed by atoms with van der Waals surface area (Å²) in [6.45, 7) is -0.570. The van der Waals surface area contributed by atoms with Crippen molar-refractivity contribution in [3.8, 4) is 5.75 Å². The van der Waals surface area contributed by atoms with Crippen LogP contribution in [0.25, 0.3) is 5.70 Å². The van der Waals surface area contributed by atoms with Crippen molar-refractivity contribution in [2.45, 2.75) is 17.7 Å². The van der Waals surface area contributed by atoms with Crippen molar-refractivity contribution in [2.24, 2.45) is 0 Å². The Morgan fingerprint density at radius 2 is 2.17 bits per heavy atom. The third-order valence-electron chi connectivity index (χ3n) is 3.11. The van der Waals surface area contributed by atoms with Gasteiger partial charge in [-0.25, -0.2) is 14.9 Å². The standard InChI is InChI=1S/C15H14Br2F2NO3.Y/c1-22-8-23-9-2-3-10(12(17)6-9)13-5-4-11(16)15(21)20(13)7-14(18)19;/h2-3,6,11,14H,4,7-8H2,1H3;/q-1;. The second-order valence-electron chi connectivity index (χ2n) is 4.73. The second kappa shape index (κ2) is 10.3. The monoisotopic (exact) mass is 541 g/mol. The third-order valence-corrected chi connectivity index (χ3v) is 4.48.